The van der Waals surface area contributed by atoms with Crippen molar-refractivity contribution in [3.8, 4) is 0 Å². The molecule has 1 aromatic rings. The van der Waals surface area contributed by atoms with Gasteiger partial charge in [0.05, 0.1) is 12.7 Å². The van der Waals surface area contributed by atoms with Gasteiger partial charge in [-0.3, -0.25) is 0 Å². The van der Waals surface area contributed by atoms with Crippen molar-refractivity contribution in [1.29, 1.82) is 0 Å². The second-order valence-corrected chi connectivity index (χ2v) is 3.50. The first-order valence-electron chi connectivity index (χ1n) is 5.03. The SMILES string of the molecule is CCOCC(O)Cc1ccc(C)cc1. The van der Waals surface area contributed by atoms with E-state index in [4.69, 9.17) is 4.74 Å². The van der Waals surface area contributed by atoms with Crippen LogP contribution in [0.25, 0.3) is 0 Å². The van der Waals surface area contributed by atoms with Gasteiger partial charge in [-0.1, -0.05) is 29.8 Å². The Labute approximate surface area is 85.5 Å². The summed E-state index contributed by atoms with van der Waals surface area (Å²) in [4.78, 5) is 0. The minimum atomic E-state index is -0.391. The Morgan fingerprint density at radius 2 is 1.93 bits per heavy atom. The van der Waals surface area contributed by atoms with Crippen LogP contribution >= 0.6 is 0 Å². The van der Waals surface area contributed by atoms with Gasteiger partial charge in [0.2, 0.25) is 0 Å². The fourth-order valence-electron chi connectivity index (χ4n) is 1.31. The maximum atomic E-state index is 9.58. The van der Waals surface area contributed by atoms with Crippen molar-refractivity contribution in [3.63, 3.8) is 0 Å². The monoisotopic (exact) mass is 194 g/mol. The van der Waals surface area contributed by atoms with E-state index in [2.05, 4.69) is 19.1 Å². The van der Waals surface area contributed by atoms with Gasteiger partial charge in [-0.15, -0.1) is 0 Å². The van der Waals surface area contributed by atoms with E-state index in [9.17, 15) is 5.11 Å². The third kappa shape index (κ3) is 3.90. The number of ether oxygens (including phenoxy) is 1. The summed E-state index contributed by atoms with van der Waals surface area (Å²) in [5, 5.41) is 9.58. The summed E-state index contributed by atoms with van der Waals surface area (Å²) < 4.78 is 5.14. The van der Waals surface area contributed by atoms with Crippen LogP contribution in [0.4, 0.5) is 0 Å². The van der Waals surface area contributed by atoms with Crippen LogP contribution in [0.1, 0.15) is 18.1 Å². The maximum Gasteiger partial charge on any atom is 0.0813 e. The zero-order valence-electron chi connectivity index (χ0n) is 8.86. The molecular weight excluding hydrogens is 176 g/mol. The molecule has 78 valence electrons. The smallest absolute Gasteiger partial charge is 0.0813 e. The predicted octanol–water partition coefficient (Wildman–Crippen LogP) is 1.93. The molecule has 0 radical (unpaired) electrons. The number of rotatable bonds is 5. The van der Waals surface area contributed by atoms with E-state index in [1.165, 1.54) is 5.56 Å². The molecule has 1 atom stereocenters. The summed E-state index contributed by atoms with van der Waals surface area (Å²) in [6, 6.07) is 8.21. The van der Waals surface area contributed by atoms with Crippen LogP contribution in [-0.4, -0.2) is 24.4 Å². The van der Waals surface area contributed by atoms with Crippen molar-refractivity contribution in [2.24, 2.45) is 0 Å². The van der Waals surface area contributed by atoms with Gasteiger partial charge >= 0.3 is 0 Å². The van der Waals surface area contributed by atoms with E-state index in [0.29, 0.717) is 19.6 Å². The molecule has 0 amide bonds. The van der Waals surface area contributed by atoms with Crippen LogP contribution < -0.4 is 0 Å². The van der Waals surface area contributed by atoms with Crippen molar-refractivity contribution in [2.45, 2.75) is 26.4 Å². The van der Waals surface area contributed by atoms with E-state index >= 15 is 0 Å². The number of hydrogen-bond donors (Lipinski definition) is 1. The lowest BCUT2D eigenvalue weighted by molar-refractivity contribution is 0.0430. The zero-order valence-corrected chi connectivity index (χ0v) is 8.86. The lowest BCUT2D eigenvalue weighted by Crippen LogP contribution is -2.17. The van der Waals surface area contributed by atoms with Crippen molar-refractivity contribution in [3.05, 3.63) is 35.4 Å². The molecule has 1 unspecified atom stereocenters. The van der Waals surface area contributed by atoms with Crippen molar-refractivity contribution in [2.75, 3.05) is 13.2 Å². The lowest BCUT2D eigenvalue weighted by Gasteiger charge is -2.10. The number of aliphatic hydroxyl groups is 1. The highest BCUT2D eigenvalue weighted by molar-refractivity contribution is 5.21. The van der Waals surface area contributed by atoms with Gasteiger partial charge in [0.25, 0.3) is 0 Å². The largest absolute Gasteiger partial charge is 0.390 e. The van der Waals surface area contributed by atoms with E-state index in [0.717, 1.165) is 5.56 Å². The van der Waals surface area contributed by atoms with Crippen LogP contribution in [-0.2, 0) is 11.2 Å². The van der Waals surface area contributed by atoms with E-state index in [1.807, 2.05) is 19.1 Å². The first kappa shape index (κ1) is 11.2. The number of aliphatic hydroxyl groups excluding tert-OH is 1. The summed E-state index contributed by atoms with van der Waals surface area (Å²) in [6.45, 7) is 5.06. The van der Waals surface area contributed by atoms with Crippen molar-refractivity contribution >= 4 is 0 Å². The fourth-order valence-corrected chi connectivity index (χ4v) is 1.31. The van der Waals surface area contributed by atoms with Crippen molar-refractivity contribution in [1.82, 2.24) is 0 Å². The highest BCUT2D eigenvalue weighted by Gasteiger charge is 2.04. The van der Waals surface area contributed by atoms with Gasteiger partial charge in [0.15, 0.2) is 0 Å². The number of benzene rings is 1. The van der Waals surface area contributed by atoms with E-state index in [-0.39, 0.29) is 0 Å². The van der Waals surface area contributed by atoms with Gasteiger partial charge in [-0.05, 0) is 19.4 Å². The third-order valence-corrected chi connectivity index (χ3v) is 2.11. The summed E-state index contributed by atoms with van der Waals surface area (Å²) in [7, 11) is 0. The van der Waals surface area contributed by atoms with Gasteiger partial charge < -0.3 is 9.84 Å². The Bertz CT molecular complexity index is 254. The molecule has 0 saturated heterocycles. The summed E-state index contributed by atoms with van der Waals surface area (Å²) in [5.74, 6) is 0. The molecule has 0 aliphatic heterocycles. The zero-order chi connectivity index (χ0) is 10.4. The number of hydrogen-bond acceptors (Lipinski definition) is 2. The highest BCUT2D eigenvalue weighted by atomic mass is 16.5. The normalized spacial score (nSPS) is 12.8. The molecule has 0 saturated carbocycles. The molecule has 2 nitrogen and oxygen atoms in total. The maximum absolute atomic E-state index is 9.58. The van der Waals surface area contributed by atoms with Gasteiger partial charge in [0, 0.05) is 13.0 Å². The first-order valence-corrected chi connectivity index (χ1v) is 5.03. The molecule has 0 fully saturated rings. The minimum absolute atomic E-state index is 0.391. The molecule has 14 heavy (non-hydrogen) atoms. The van der Waals surface area contributed by atoms with Crippen LogP contribution in [0.2, 0.25) is 0 Å². The molecule has 0 spiro atoms. The van der Waals surface area contributed by atoms with E-state index < -0.39 is 6.10 Å². The minimum Gasteiger partial charge on any atom is -0.390 e. The van der Waals surface area contributed by atoms with Gasteiger partial charge in [-0.25, -0.2) is 0 Å². The highest BCUT2D eigenvalue weighted by Crippen LogP contribution is 2.06. The second kappa shape index (κ2) is 5.78. The molecule has 0 heterocycles. The molecule has 0 aliphatic carbocycles. The summed E-state index contributed by atoms with van der Waals surface area (Å²) >= 11 is 0. The molecule has 2 heteroatoms. The molecule has 1 rings (SSSR count). The Hall–Kier alpha value is -0.860. The second-order valence-electron chi connectivity index (χ2n) is 3.50. The molecule has 1 aromatic carbocycles. The molecule has 0 bridgehead atoms. The Morgan fingerprint density at radius 1 is 1.29 bits per heavy atom. The third-order valence-electron chi connectivity index (χ3n) is 2.11. The predicted molar refractivity (Wildman–Crippen MR) is 57.4 cm³/mol. The Kier molecular flexibility index (Phi) is 4.63. The molecule has 0 aromatic heterocycles. The van der Waals surface area contributed by atoms with Crippen LogP contribution in [0, 0.1) is 6.92 Å². The topological polar surface area (TPSA) is 29.5 Å². The van der Waals surface area contributed by atoms with Gasteiger partial charge in [0.1, 0.15) is 0 Å². The average Bonchev–Trinajstić information content (AvgIpc) is 2.18. The standard InChI is InChI=1S/C12H18O2/c1-3-14-9-12(13)8-11-6-4-10(2)5-7-11/h4-7,12-13H,3,8-9H2,1-2H3. The van der Waals surface area contributed by atoms with Crippen LogP contribution in [0.3, 0.4) is 0 Å². The first-order chi connectivity index (χ1) is 6.72. The Morgan fingerprint density at radius 3 is 2.50 bits per heavy atom. The average molecular weight is 194 g/mol. The van der Waals surface area contributed by atoms with Gasteiger partial charge in [-0.2, -0.15) is 0 Å². The number of aryl methyl sites for hydroxylation is 1. The Balaban J connectivity index is 2.39. The fraction of sp³-hybridized carbons (Fsp3) is 0.500. The molecular formula is C12H18O2. The molecule has 1 N–H and O–H groups in total. The molecule has 0 aliphatic rings. The van der Waals surface area contributed by atoms with E-state index in [1.54, 1.807) is 0 Å². The summed E-state index contributed by atoms with van der Waals surface area (Å²) in [5.41, 5.74) is 2.40. The quantitative estimate of drug-likeness (QED) is 0.776. The van der Waals surface area contributed by atoms with Crippen molar-refractivity contribution < 1.29 is 9.84 Å². The lowest BCUT2D eigenvalue weighted by atomic mass is 10.1. The summed E-state index contributed by atoms with van der Waals surface area (Å²) in [6.07, 6.45) is 0.276. The van der Waals surface area contributed by atoms with Crippen LogP contribution in [0.5, 0.6) is 0 Å². The van der Waals surface area contributed by atoms with Crippen LogP contribution in [0.15, 0.2) is 24.3 Å².